The monoisotopic (exact) mass is 363 g/mol. The Bertz CT molecular complexity index is 1030. The maximum atomic E-state index is 10.7. The Morgan fingerprint density at radius 1 is 0.741 bits per heavy atom. The first-order valence-corrected chi connectivity index (χ1v) is 7.72. The second-order valence-electron chi connectivity index (χ2n) is 5.34. The van der Waals surface area contributed by atoms with Crippen molar-refractivity contribution in [2.45, 2.75) is 0 Å². The van der Waals surface area contributed by atoms with Crippen LogP contribution in [0.1, 0.15) is 0 Å². The summed E-state index contributed by atoms with van der Waals surface area (Å²) in [4.78, 5) is 10.2. The molecule has 0 unspecified atom stereocenters. The molecular formula is C18H13N5O4. The van der Waals surface area contributed by atoms with Gasteiger partial charge in [-0.05, 0) is 36.4 Å². The molecule has 3 aromatic rings. The Kier molecular flexibility index (Phi) is 5.12. The van der Waals surface area contributed by atoms with Gasteiger partial charge in [-0.2, -0.15) is 5.11 Å². The highest BCUT2D eigenvalue weighted by Gasteiger charge is 2.05. The van der Waals surface area contributed by atoms with Gasteiger partial charge >= 0.3 is 0 Å². The van der Waals surface area contributed by atoms with Crippen LogP contribution in [0, 0.1) is 10.1 Å². The first kappa shape index (κ1) is 17.7. The van der Waals surface area contributed by atoms with Gasteiger partial charge in [-0.3, -0.25) is 10.1 Å². The zero-order valence-electron chi connectivity index (χ0n) is 13.8. The number of hydrogen-bond donors (Lipinski definition) is 2. The minimum Gasteiger partial charge on any atom is -0.508 e. The fourth-order valence-electron chi connectivity index (χ4n) is 2.09. The molecule has 3 aromatic carbocycles. The second kappa shape index (κ2) is 7.83. The molecule has 0 aliphatic rings. The highest BCUT2D eigenvalue weighted by atomic mass is 16.6. The van der Waals surface area contributed by atoms with Crippen molar-refractivity contribution in [2.24, 2.45) is 20.5 Å². The summed E-state index contributed by atoms with van der Waals surface area (Å²) >= 11 is 0. The Hall–Kier alpha value is -4.14. The van der Waals surface area contributed by atoms with Gasteiger partial charge in [-0.15, -0.1) is 15.3 Å². The SMILES string of the molecule is O=[N+]([O-])c1ccc(N=Nc2ccccc2N=Nc2ccc(O)cc2O)cc1. The molecule has 0 spiro atoms. The van der Waals surface area contributed by atoms with Crippen LogP contribution in [-0.2, 0) is 0 Å². The predicted molar refractivity (Wildman–Crippen MR) is 97.7 cm³/mol. The normalized spacial score (nSPS) is 11.3. The smallest absolute Gasteiger partial charge is 0.269 e. The molecule has 0 radical (unpaired) electrons. The second-order valence-corrected chi connectivity index (χ2v) is 5.34. The van der Waals surface area contributed by atoms with Gasteiger partial charge < -0.3 is 10.2 Å². The van der Waals surface area contributed by atoms with Crippen LogP contribution in [0.25, 0.3) is 0 Å². The topological polar surface area (TPSA) is 133 Å². The molecule has 0 aliphatic heterocycles. The molecule has 0 bridgehead atoms. The maximum Gasteiger partial charge on any atom is 0.269 e. The fourth-order valence-corrected chi connectivity index (χ4v) is 2.09. The molecule has 9 nitrogen and oxygen atoms in total. The zero-order chi connectivity index (χ0) is 19.2. The first-order valence-electron chi connectivity index (χ1n) is 7.72. The van der Waals surface area contributed by atoms with E-state index in [0.29, 0.717) is 17.1 Å². The first-order chi connectivity index (χ1) is 13.0. The number of hydrogen-bond acceptors (Lipinski definition) is 8. The third kappa shape index (κ3) is 4.48. The number of nitro groups is 1. The lowest BCUT2D eigenvalue weighted by atomic mass is 10.3. The lowest BCUT2D eigenvalue weighted by Crippen LogP contribution is -1.85. The number of non-ortho nitro benzene ring substituents is 1. The summed E-state index contributed by atoms with van der Waals surface area (Å²) in [5, 5.41) is 45.9. The van der Waals surface area contributed by atoms with Crippen molar-refractivity contribution in [3.63, 3.8) is 0 Å². The summed E-state index contributed by atoms with van der Waals surface area (Å²) in [6, 6.07) is 16.5. The van der Waals surface area contributed by atoms with Crippen molar-refractivity contribution >= 4 is 28.4 Å². The highest BCUT2D eigenvalue weighted by Crippen LogP contribution is 2.34. The Morgan fingerprint density at radius 3 is 1.93 bits per heavy atom. The third-order valence-corrected chi connectivity index (χ3v) is 3.44. The molecule has 9 heteroatoms. The van der Waals surface area contributed by atoms with Crippen LogP contribution in [0.3, 0.4) is 0 Å². The molecule has 0 atom stereocenters. The molecule has 0 aliphatic carbocycles. The van der Waals surface area contributed by atoms with Crippen LogP contribution < -0.4 is 0 Å². The van der Waals surface area contributed by atoms with E-state index >= 15 is 0 Å². The summed E-state index contributed by atoms with van der Waals surface area (Å²) in [6.45, 7) is 0. The number of aromatic hydroxyl groups is 2. The number of nitro benzene ring substituents is 1. The molecule has 0 saturated carbocycles. The summed E-state index contributed by atoms with van der Waals surface area (Å²) in [5.41, 5.74) is 1.45. The number of phenols is 2. The van der Waals surface area contributed by atoms with E-state index in [4.69, 9.17) is 0 Å². The fraction of sp³-hybridized carbons (Fsp3) is 0. The Labute approximate surface area is 153 Å². The number of rotatable bonds is 5. The van der Waals surface area contributed by atoms with E-state index in [1.807, 2.05) is 0 Å². The average Bonchev–Trinajstić information content (AvgIpc) is 2.66. The summed E-state index contributed by atoms with van der Waals surface area (Å²) in [7, 11) is 0. The highest BCUT2D eigenvalue weighted by molar-refractivity contribution is 5.62. The van der Waals surface area contributed by atoms with Crippen LogP contribution in [-0.4, -0.2) is 15.1 Å². The Morgan fingerprint density at radius 2 is 1.33 bits per heavy atom. The van der Waals surface area contributed by atoms with Gasteiger partial charge in [0, 0.05) is 18.2 Å². The van der Waals surface area contributed by atoms with Gasteiger partial charge in [0.2, 0.25) is 0 Å². The van der Waals surface area contributed by atoms with Gasteiger partial charge in [-0.1, -0.05) is 12.1 Å². The number of azo groups is 2. The van der Waals surface area contributed by atoms with Gasteiger partial charge in [0.15, 0.2) is 0 Å². The number of phenolic OH excluding ortho intramolecular Hbond substituents is 2. The van der Waals surface area contributed by atoms with E-state index in [9.17, 15) is 20.3 Å². The van der Waals surface area contributed by atoms with Crippen molar-refractivity contribution < 1.29 is 15.1 Å². The van der Waals surface area contributed by atoms with Crippen molar-refractivity contribution in [1.29, 1.82) is 0 Å². The molecule has 0 fully saturated rings. The van der Waals surface area contributed by atoms with Gasteiger partial charge in [-0.25, -0.2) is 0 Å². The maximum absolute atomic E-state index is 10.7. The van der Waals surface area contributed by atoms with Crippen molar-refractivity contribution in [3.8, 4) is 11.5 Å². The number of nitrogens with zero attached hydrogens (tertiary/aromatic N) is 5. The lowest BCUT2D eigenvalue weighted by Gasteiger charge is -2.00. The molecule has 0 aromatic heterocycles. The minimum absolute atomic E-state index is 0.0307. The summed E-state index contributed by atoms with van der Waals surface area (Å²) < 4.78 is 0. The molecule has 0 heterocycles. The van der Waals surface area contributed by atoms with E-state index in [2.05, 4.69) is 20.5 Å². The molecule has 134 valence electrons. The van der Waals surface area contributed by atoms with Crippen LogP contribution in [0.4, 0.5) is 28.4 Å². The quantitative estimate of drug-likeness (QED) is 0.335. The average molecular weight is 363 g/mol. The number of benzene rings is 3. The van der Waals surface area contributed by atoms with Crippen LogP contribution in [0.15, 0.2) is 87.2 Å². The van der Waals surface area contributed by atoms with Crippen molar-refractivity contribution in [3.05, 3.63) is 76.8 Å². The molecule has 3 rings (SSSR count). The molecule has 2 N–H and O–H groups in total. The molecule has 0 saturated heterocycles. The van der Waals surface area contributed by atoms with Crippen LogP contribution >= 0.6 is 0 Å². The largest absolute Gasteiger partial charge is 0.508 e. The predicted octanol–water partition coefficient (Wildman–Crippen LogP) is 5.84. The summed E-state index contributed by atoms with van der Waals surface area (Å²) in [6.07, 6.45) is 0. The van der Waals surface area contributed by atoms with Gasteiger partial charge in [0.25, 0.3) is 5.69 Å². The zero-order valence-corrected chi connectivity index (χ0v) is 13.8. The Balaban J connectivity index is 1.83. The van der Waals surface area contributed by atoms with E-state index < -0.39 is 4.92 Å². The van der Waals surface area contributed by atoms with E-state index in [-0.39, 0.29) is 22.9 Å². The van der Waals surface area contributed by atoms with Gasteiger partial charge in [0.1, 0.15) is 28.6 Å². The third-order valence-electron chi connectivity index (χ3n) is 3.44. The van der Waals surface area contributed by atoms with E-state index in [1.165, 1.54) is 36.4 Å². The molecule has 0 amide bonds. The van der Waals surface area contributed by atoms with Crippen LogP contribution in [0.5, 0.6) is 11.5 Å². The van der Waals surface area contributed by atoms with Crippen LogP contribution in [0.2, 0.25) is 0 Å². The molecule has 27 heavy (non-hydrogen) atoms. The molecular weight excluding hydrogens is 350 g/mol. The van der Waals surface area contributed by atoms with Crippen molar-refractivity contribution in [2.75, 3.05) is 0 Å². The standard InChI is InChI=1S/C18H13N5O4/c24-14-9-10-17(18(25)11-14)22-21-16-4-2-1-3-15(16)20-19-12-5-7-13(8-6-12)23(26)27/h1-11,24-25H. The van der Waals surface area contributed by atoms with E-state index in [0.717, 1.165) is 6.07 Å². The summed E-state index contributed by atoms with van der Waals surface area (Å²) in [5.74, 6) is -0.285. The minimum atomic E-state index is -0.491. The van der Waals surface area contributed by atoms with Crippen molar-refractivity contribution in [1.82, 2.24) is 0 Å². The van der Waals surface area contributed by atoms with Gasteiger partial charge in [0.05, 0.1) is 10.6 Å². The lowest BCUT2D eigenvalue weighted by molar-refractivity contribution is -0.384. The van der Waals surface area contributed by atoms with E-state index in [1.54, 1.807) is 24.3 Å².